The summed E-state index contributed by atoms with van der Waals surface area (Å²) in [5.74, 6) is -0.120. The van der Waals surface area contributed by atoms with E-state index in [4.69, 9.17) is 0 Å². The van der Waals surface area contributed by atoms with E-state index < -0.39 is 0 Å². The quantitative estimate of drug-likeness (QED) is 0.246. The Kier molecular flexibility index (Phi) is 6.21. The van der Waals surface area contributed by atoms with Crippen LogP contribution in [0, 0.1) is 0 Å². The lowest BCUT2D eigenvalue weighted by atomic mass is 10.0. The van der Waals surface area contributed by atoms with Crippen molar-refractivity contribution >= 4 is 50.7 Å². The first-order valence-corrected chi connectivity index (χ1v) is 11.3. The molecule has 1 amide bonds. The standard InChI is InChI=1S/C23H19N3O2S2/c1-2-16-12-18-22(24-14-25-23(18)30-16)29-13-20(27)26-19-11-7-6-10-17(19)21(28)15-8-4-3-5-9-15/h3-12,14H,2,13H2,1H3,(H,26,27). The molecule has 0 radical (unpaired) electrons. The van der Waals surface area contributed by atoms with Crippen LogP contribution in [0.5, 0.6) is 0 Å². The van der Waals surface area contributed by atoms with Crippen molar-refractivity contribution in [1.29, 1.82) is 0 Å². The molecule has 0 bridgehead atoms. The van der Waals surface area contributed by atoms with Gasteiger partial charge in [-0.05, 0) is 24.6 Å². The summed E-state index contributed by atoms with van der Waals surface area (Å²) in [6.07, 6.45) is 2.48. The van der Waals surface area contributed by atoms with Crippen LogP contribution in [0.15, 0.2) is 72.0 Å². The molecule has 150 valence electrons. The van der Waals surface area contributed by atoms with Gasteiger partial charge in [0.1, 0.15) is 16.2 Å². The zero-order valence-electron chi connectivity index (χ0n) is 16.3. The second-order valence-corrected chi connectivity index (χ2v) is 8.62. The number of amides is 1. The van der Waals surface area contributed by atoms with Gasteiger partial charge in [-0.25, -0.2) is 9.97 Å². The Morgan fingerprint density at radius 2 is 1.80 bits per heavy atom. The molecule has 4 aromatic rings. The minimum Gasteiger partial charge on any atom is -0.325 e. The number of nitrogens with one attached hydrogen (secondary N) is 1. The minimum absolute atomic E-state index is 0.123. The fourth-order valence-corrected chi connectivity index (χ4v) is 4.80. The molecular weight excluding hydrogens is 414 g/mol. The number of aryl methyl sites for hydroxylation is 1. The van der Waals surface area contributed by atoms with Crippen LogP contribution in [0.1, 0.15) is 27.7 Å². The van der Waals surface area contributed by atoms with Crippen LogP contribution < -0.4 is 5.32 Å². The first-order valence-electron chi connectivity index (χ1n) is 9.50. The average Bonchev–Trinajstić information content (AvgIpc) is 3.22. The zero-order chi connectivity index (χ0) is 20.9. The molecule has 5 nitrogen and oxygen atoms in total. The molecule has 2 heterocycles. The van der Waals surface area contributed by atoms with Gasteiger partial charge >= 0.3 is 0 Å². The third-order valence-electron chi connectivity index (χ3n) is 4.51. The molecule has 0 aliphatic rings. The second kappa shape index (κ2) is 9.19. The summed E-state index contributed by atoms with van der Waals surface area (Å²) in [7, 11) is 0. The Balaban J connectivity index is 1.48. The highest BCUT2D eigenvalue weighted by Gasteiger charge is 2.16. The molecule has 0 saturated heterocycles. The molecule has 1 N–H and O–H groups in total. The summed E-state index contributed by atoms with van der Waals surface area (Å²) in [5.41, 5.74) is 1.56. The van der Waals surface area contributed by atoms with Gasteiger partial charge in [0.05, 0.1) is 11.4 Å². The highest BCUT2D eigenvalue weighted by molar-refractivity contribution is 8.00. The number of aromatic nitrogens is 2. The van der Waals surface area contributed by atoms with Gasteiger partial charge in [0, 0.05) is 21.4 Å². The number of carbonyl (C=O) groups is 2. The number of hydrogen-bond donors (Lipinski definition) is 1. The molecule has 0 aliphatic heterocycles. The van der Waals surface area contributed by atoms with E-state index in [0.717, 1.165) is 21.7 Å². The van der Waals surface area contributed by atoms with E-state index in [1.54, 1.807) is 47.7 Å². The van der Waals surface area contributed by atoms with Crippen molar-refractivity contribution in [3.05, 3.63) is 83.0 Å². The molecule has 2 aromatic heterocycles. The Labute approximate surface area is 182 Å². The highest BCUT2D eigenvalue weighted by atomic mass is 32.2. The summed E-state index contributed by atoms with van der Waals surface area (Å²) in [6, 6.07) is 18.2. The van der Waals surface area contributed by atoms with Gasteiger partial charge in [-0.1, -0.05) is 61.2 Å². The smallest absolute Gasteiger partial charge is 0.234 e. The number of anilines is 1. The Morgan fingerprint density at radius 3 is 2.60 bits per heavy atom. The fraction of sp³-hybridized carbons (Fsp3) is 0.130. The normalized spacial score (nSPS) is 10.8. The zero-order valence-corrected chi connectivity index (χ0v) is 17.9. The molecule has 4 rings (SSSR count). The predicted molar refractivity (Wildman–Crippen MR) is 122 cm³/mol. The lowest BCUT2D eigenvalue weighted by Crippen LogP contribution is -2.17. The van der Waals surface area contributed by atoms with Crippen molar-refractivity contribution < 1.29 is 9.59 Å². The summed E-state index contributed by atoms with van der Waals surface area (Å²) >= 11 is 3.02. The maximum atomic E-state index is 12.8. The second-order valence-electron chi connectivity index (χ2n) is 6.54. The number of fused-ring (bicyclic) bond motifs is 1. The van der Waals surface area contributed by atoms with E-state index in [1.807, 2.05) is 18.2 Å². The Morgan fingerprint density at radius 1 is 1.03 bits per heavy atom. The Hall–Kier alpha value is -3.03. The van der Waals surface area contributed by atoms with Gasteiger partial charge in [-0.3, -0.25) is 9.59 Å². The largest absolute Gasteiger partial charge is 0.325 e. The van der Waals surface area contributed by atoms with Crippen LogP contribution in [-0.4, -0.2) is 27.4 Å². The van der Waals surface area contributed by atoms with Crippen LogP contribution in [0.3, 0.4) is 0 Å². The molecule has 0 aliphatic carbocycles. The molecule has 30 heavy (non-hydrogen) atoms. The number of thioether (sulfide) groups is 1. The molecule has 7 heteroatoms. The molecule has 0 atom stereocenters. The summed E-state index contributed by atoms with van der Waals surface area (Å²) in [4.78, 5) is 36.3. The van der Waals surface area contributed by atoms with Gasteiger partial charge in [0.2, 0.25) is 5.91 Å². The lowest BCUT2D eigenvalue weighted by Gasteiger charge is -2.10. The maximum absolute atomic E-state index is 12.8. The number of hydrogen-bond acceptors (Lipinski definition) is 6. The van der Waals surface area contributed by atoms with Crippen LogP contribution in [0.4, 0.5) is 5.69 Å². The number of nitrogens with zero attached hydrogens (tertiary/aromatic N) is 2. The summed E-state index contributed by atoms with van der Waals surface area (Å²) < 4.78 is 0. The van der Waals surface area contributed by atoms with Crippen molar-refractivity contribution in [1.82, 2.24) is 9.97 Å². The van der Waals surface area contributed by atoms with Crippen LogP contribution in [0.2, 0.25) is 0 Å². The number of rotatable bonds is 7. The van der Waals surface area contributed by atoms with Crippen LogP contribution >= 0.6 is 23.1 Å². The van der Waals surface area contributed by atoms with Gasteiger partial charge in [-0.2, -0.15) is 0 Å². The Bertz CT molecular complexity index is 1210. The summed E-state index contributed by atoms with van der Waals surface area (Å²) in [6.45, 7) is 2.10. The molecule has 0 fully saturated rings. The molecule has 2 aromatic carbocycles. The molecule has 0 unspecified atom stereocenters. The van der Waals surface area contributed by atoms with E-state index in [-0.39, 0.29) is 17.4 Å². The number of para-hydroxylation sites is 1. The maximum Gasteiger partial charge on any atom is 0.234 e. The van der Waals surface area contributed by atoms with E-state index in [2.05, 4.69) is 28.3 Å². The van der Waals surface area contributed by atoms with Gasteiger partial charge in [0.15, 0.2) is 5.78 Å². The van der Waals surface area contributed by atoms with E-state index in [0.29, 0.717) is 16.8 Å². The van der Waals surface area contributed by atoms with Crippen molar-refractivity contribution in [2.24, 2.45) is 0 Å². The van der Waals surface area contributed by atoms with Gasteiger partial charge in [0.25, 0.3) is 0 Å². The number of benzene rings is 2. The average molecular weight is 434 g/mol. The van der Waals surface area contributed by atoms with Crippen LogP contribution in [0.25, 0.3) is 10.2 Å². The van der Waals surface area contributed by atoms with Crippen molar-refractivity contribution in [3.63, 3.8) is 0 Å². The number of ketones is 1. The monoisotopic (exact) mass is 433 g/mol. The predicted octanol–water partition coefficient (Wildman–Crippen LogP) is 5.22. The third kappa shape index (κ3) is 4.42. The number of thiophene rings is 1. The minimum atomic E-state index is -0.189. The first kappa shape index (κ1) is 20.3. The molecule has 0 spiro atoms. The van der Waals surface area contributed by atoms with E-state index in [1.165, 1.54) is 23.0 Å². The van der Waals surface area contributed by atoms with E-state index in [9.17, 15) is 9.59 Å². The van der Waals surface area contributed by atoms with Gasteiger partial charge in [-0.15, -0.1) is 11.3 Å². The SMILES string of the molecule is CCc1cc2c(SCC(=O)Nc3ccccc3C(=O)c3ccccc3)ncnc2s1. The van der Waals surface area contributed by atoms with Crippen LogP contribution in [-0.2, 0) is 11.2 Å². The van der Waals surface area contributed by atoms with Gasteiger partial charge < -0.3 is 5.32 Å². The van der Waals surface area contributed by atoms with E-state index >= 15 is 0 Å². The topological polar surface area (TPSA) is 72.0 Å². The third-order valence-corrected chi connectivity index (χ3v) is 6.71. The molecular formula is C23H19N3O2S2. The van der Waals surface area contributed by atoms with Crippen molar-refractivity contribution in [2.45, 2.75) is 18.4 Å². The van der Waals surface area contributed by atoms with Crippen molar-refractivity contribution in [2.75, 3.05) is 11.1 Å². The first-order chi connectivity index (χ1) is 14.7. The number of carbonyl (C=O) groups excluding carboxylic acids is 2. The molecule has 0 saturated carbocycles. The highest BCUT2D eigenvalue weighted by Crippen LogP contribution is 2.31. The van der Waals surface area contributed by atoms with Crippen molar-refractivity contribution in [3.8, 4) is 0 Å². The fourth-order valence-electron chi connectivity index (χ4n) is 3.03. The lowest BCUT2D eigenvalue weighted by molar-refractivity contribution is -0.113. The summed E-state index contributed by atoms with van der Waals surface area (Å²) in [5, 5.41) is 4.65.